The van der Waals surface area contributed by atoms with Crippen LogP contribution in [-0.4, -0.2) is 34.0 Å². The van der Waals surface area contributed by atoms with Crippen molar-refractivity contribution in [1.82, 2.24) is 0 Å². The zero-order valence-electron chi connectivity index (χ0n) is 11.7. The summed E-state index contributed by atoms with van der Waals surface area (Å²) >= 11 is 0. The van der Waals surface area contributed by atoms with Crippen molar-refractivity contribution in [3.63, 3.8) is 0 Å². The zero-order valence-corrected chi connectivity index (χ0v) is 11.7. The predicted molar refractivity (Wildman–Crippen MR) is 69.6 cm³/mol. The maximum Gasteiger partial charge on any atom is 0.336 e. The molecule has 4 saturated carbocycles. The molecular formula is C15H24O4. The van der Waals surface area contributed by atoms with Gasteiger partial charge in [-0.3, -0.25) is 0 Å². The number of aliphatic carboxylic acids is 1. The van der Waals surface area contributed by atoms with Gasteiger partial charge in [0.15, 0.2) is 5.60 Å². The van der Waals surface area contributed by atoms with E-state index in [1.54, 1.807) is 13.8 Å². The molecule has 4 aliphatic carbocycles. The Balaban J connectivity index is 1.90. The van der Waals surface area contributed by atoms with Gasteiger partial charge < -0.3 is 14.9 Å². The molecule has 0 spiro atoms. The maximum absolute atomic E-state index is 12.0. The number of carbonyl (C=O) groups is 1. The molecule has 0 aromatic carbocycles. The van der Waals surface area contributed by atoms with Gasteiger partial charge in [-0.25, -0.2) is 4.79 Å². The SMILES string of the molecule is CC(O)C(C)OC1(C(=O)O)C2CC3CC(C2)CC1C3. The molecular weight excluding hydrogens is 244 g/mol. The molecule has 2 N–H and O–H groups in total. The van der Waals surface area contributed by atoms with Crippen LogP contribution >= 0.6 is 0 Å². The highest BCUT2D eigenvalue weighted by Gasteiger charge is 2.63. The van der Waals surface area contributed by atoms with Gasteiger partial charge in [0.1, 0.15) is 0 Å². The summed E-state index contributed by atoms with van der Waals surface area (Å²) in [7, 11) is 0. The van der Waals surface area contributed by atoms with Crippen LogP contribution < -0.4 is 0 Å². The molecule has 108 valence electrons. The Morgan fingerprint density at radius 2 is 1.58 bits per heavy atom. The second-order valence-electron chi connectivity index (χ2n) is 6.97. The molecule has 0 aliphatic heterocycles. The molecule has 0 aromatic rings. The monoisotopic (exact) mass is 268 g/mol. The third-order valence-electron chi connectivity index (χ3n) is 5.75. The second kappa shape index (κ2) is 4.45. The Morgan fingerprint density at radius 3 is 1.95 bits per heavy atom. The Bertz CT molecular complexity index is 348. The van der Waals surface area contributed by atoms with Crippen molar-refractivity contribution >= 4 is 5.97 Å². The number of hydrogen-bond acceptors (Lipinski definition) is 3. The smallest absolute Gasteiger partial charge is 0.336 e. The Morgan fingerprint density at radius 1 is 1.11 bits per heavy atom. The summed E-state index contributed by atoms with van der Waals surface area (Å²) in [5, 5.41) is 19.5. The van der Waals surface area contributed by atoms with Crippen molar-refractivity contribution in [2.75, 3.05) is 0 Å². The van der Waals surface area contributed by atoms with Gasteiger partial charge in [-0.2, -0.15) is 0 Å². The molecule has 0 aromatic heterocycles. The molecule has 4 nitrogen and oxygen atoms in total. The molecule has 4 bridgehead atoms. The molecule has 4 fully saturated rings. The summed E-state index contributed by atoms with van der Waals surface area (Å²) in [6.45, 7) is 3.44. The minimum atomic E-state index is -1.04. The summed E-state index contributed by atoms with van der Waals surface area (Å²) in [6.07, 6.45) is 4.20. The van der Waals surface area contributed by atoms with Gasteiger partial charge in [-0.15, -0.1) is 0 Å². The molecule has 0 radical (unpaired) electrons. The number of carboxylic acids is 1. The number of hydrogen-bond donors (Lipinski definition) is 2. The van der Waals surface area contributed by atoms with E-state index in [1.165, 1.54) is 6.42 Å². The van der Waals surface area contributed by atoms with Crippen molar-refractivity contribution < 1.29 is 19.7 Å². The van der Waals surface area contributed by atoms with E-state index in [1.807, 2.05) is 0 Å². The first-order valence-corrected chi connectivity index (χ1v) is 7.52. The normalized spacial score (nSPS) is 47.1. The standard InChI is InChI=1S/C15H24O4/c1-8(16)9(2)19-15(14(17)18)12-4-10-3-11(6-12)7-13(15)5-10/h8-13,16H,3-7H2,1-2H3,(H,17,18). The fourth-order valence-corrected chi connectivity index (χ4v) is 4.88. The minimum absolute atomic E-state index is 0.141. The summed E-state index contributed by atoms with van der Waals surface area (Å²) in [5.74, 6) is 0.888. The number of ether oxygens (including phenoxy) is 1. The van der Waals surface area contributed by atoms with Gasteiger partial charge in [-0.1, -0.05) is 0 Å². The first-order chi connectivity index (χ1) is 8.93. The highest BCUT2D eigenvalue weighted by Crippen LogP contribution is 2.60. The molecule has 4 heteroatoms. The molecule has 4 aliphatic rings. The van der Waals surface area contributed by atoms with Crippen LogP contribution in [0.1, 0.15) is 46.0 Å². The number of rotatable bonds is 4. The average Bonchev–Trinajstić information content (AvgIpc) is 2.32. The summed E-state index contributed by atoms with van der Waals surface area (Å²) in [6, 6.07) is 0. The van der Waals surface area contributed by atoms with Crippen LogP contribution in [0, 0.1) is 23.7 Å². The second-order valence-corrected chi connectivity index (χ2v) is 6.97. The van der Waals surface area contributed by atoms with Gasteiger partial charge in [0.05, 0.1) is 12.2 Å². The first-order valence-electron chi connectivity index (χ1n) is 7.52. The third kappa shape index (κ3) is 1.91. The van der Waals surface area contributed by atoms with Crippen LogP contribution in [0.15, 0.2) is 0 Å². The first kappa shape index (κ1) is 13.4. The van der Waals surface area contributed by atoms with Crippen LogP contribution in [0.2, 0.25) is 0 Å². The number of aliphatic hydroxyl groups is 1. The lowest BCUT2D eigenvalue weighted by molar-refractivity contribution is -0.241. The fourth-order valence-electron chi connectivity index (χ4n) is 4.88. The number of aliphatic hydroxyl groups excluding tert-OH is 1. The van der Waals surface area contributed by atoms with Crippen molar-refractivity contribution in [2.24, 2.45) is 23.7 Å². The molecule has 0 saturated heterocycles. The van der Waals surface area contributed by atoms with Gasteiger partial charge in [0, 0.05) is 0 Å². The summed E-state index contributed by atoms with van der Waals surface area (Å²) in [4.78, 5) is 12.0. The highest BCUT2D eigenvalue weighted by atomic mass is 16.5. The largest absolute Gasteiger partial charge is 0.479 e. The molecule has 19 heavy (non-hydrogen) atoms. The van der Waals surface area contributed by atoms with E-state index < -0.39 is 23.8 Å². The van der Waals surface area contributed by atoms with Crippen molar-refractivity contribution in [2.45, 2.75) is 63.8 Å². The Hall–Kier alpha value is -0.610. The van der Waals surface area contributed by atoms with E-state index in [-0.39, 0.29) is 11.8 Å². The summed E-state index contributed by atoms with van der Waals surface area (Å²) < 4.78 is 5.99. The van der Waals surface area contributed by atoms with E-state index in [0.29, 0.717) is 11.8 Å². The van der Waals surface area contributed by atoms with Crippen LogP contribution in [0.5, 0.6) is 0 Å². The lowest BCUT2D eigenvalue weighted by Gasteiger charge is -2.59. The number of carboxylic acid groups (broad SMARTS) is 1. The zero-order chi connectivity index (χ0) is 13.8. The lowest BCUT2D eigenvalue weighted by Crippen LogP contribution is -2.64. The van der Waals surface area contributed by atoms with Crippen molar-refractivity contribution in [3.05, 3.63) is 0 Å². The third-order valence-corrected chi connectivity index (χ3v) is 5.75. The molecule has 2 unspecified atom stereocenters. The molecule has 4 rings (SSSR count). The molecule has 2 atom stereocenters. The van der Waals surface area contributed by atoms with E-state index in [9.17, 15) is 15.0 Å². The Labute approximate surface area is 114 Å². The minimum Gasteiger partial charge on any atom is -0.479 e. The topological polar surface area (TPSA) is 66.8 Å². The van der Waals surface area contributed by atoms with Gasteiger partial charge in [0.25, 0.3) is 0 Å². The lowest BCUT2D eigenvalue weighted by atomic mass is 9.49. The average molecular weight is 268 g/mol. The van der Waals surface area contributed by atoms with E-state index in [4.69, 9.17) is 4.74 Å². The molecule has 0 amide bonds. The van der Waals surface area contributed by atoms with Gasteiger partial charge >= 0.3 is 5.97 Å². The van der Waals surface area contributed by atoms with Gasteiger partial charge in [0.2, 0.25) is 0 Å². The van der Waals surface area contributed by atoms with Gasteiger partial charge in [-0.05, 0) is 69.6 Å². The van der Waals surface area contributed by atoms with E-state index in [0.717, 1.165) is 25.7 Å². The van der Waals surface area contributed by atoms with Crippen LogP contribution in [-0.2, 0) is 9.53 Å². The van der Waals surface area contributed by atoms with Crippen molar-refractivity contribution in [3.8, 4) is 0 Å². The van der Waals surface area contributed by atoms with Crippen LogP contribution in [0.3, 0.4) is 0 Å². The van der Waals surface area contributed by atoms with Crippen LogP contribution in [0.25, 0.3) is 0 Å². The van der Waals surface area contributed by atoms with E-state index in [2.05, 4.69) is 0 Å². The predicted octanol–water partition coefficient (Wildman–Crippen LogP) is 2.05. The van der Waals surface area contributed by atoms with Crippen LogP contribution in [0.4, 0.5) is 0 Å². The van der Waals surface area contributed by atoms with Crippen molar-refractivity contribution in [1.29, 1.82) is 0 Å². The quantitative estimate of drug-likeness (QED) is 0.819. The fraction of sp³-hybridized carbons (Fsp3) is 0.933. The highest BCUT2D eigenvalue weighted by molar-refractivity contribution is 5.79. The Kier molecular flexibility index (Phi) is 3.13. The maximum atomic E-state index is 12.0. The van der Waals surface area contributed by atoms with E-state index >= 15 is 0 Å². The summed E-state index contributed by atoms with van der Waals surface area (Å²) in [5.41, 5.74) is -1.04. The molecule has 0 heterocycles.